The van der Waals surface area contributed by atoms with Crippen LogP contribution < -0.4 is 10.6 Å². The molecule has 0 aliphatic carbocycles. The summed E-state index contributed by atoms with van der Waals surface area (Å²) in [6.07, 6.45) is 1.46. The SMILES string of the molecule is O=C1NC(=O)/C(=C\c2ccc(-c3ccccc3Cl)o2)N1. The van der Waals surface area contributed by atoms with Crippen molar-refractivity contribution in [2.24, 2.45) is 0 Å². The van der Waals surface area contributed by atoms with Crippen molar-refractivity contribution in [1.29, 1.82) is 0 Å². The lowest BCUT2D eigenvalue weighted by Crippen LogP contribution is -2.22. The van der Waals surface area contributed by atoms with Crippen molar-refractivity contribution in [1.82, 2.24) is 10.6 Å². The average Bonchev–Trinajstić information content (AvgIpc) is 2.98. The van der Waals surface area contributed by atoms with Crippen LogP contribution in [0.1, 0.15) is 5.76 Å². The predicted octanol–water partition coefficient (Wildman–Crippen LogP) is 2.78. The van der Waals surface area contributed by atoms with Crippen molar-refractivity contribution in [2.75, 3.05) is 0 Å². The molecule has 6 heteroatoms. The smallest absolute Gasteiger partial charge is 0.326 e. The molecule has 0 bridgehead atoms. The quantitative estimate of drug-likeness (QED) is 0.659. The first-order valence-electron chi connectivity index (χ1n) is 5.82. The van der Waals surface area contributed by atoms with E-state index >= 15 is 0 Å². The third-order valence-electron chi connectivity index (χ3n) is 2.77. The molecule has 3 rings (SSSR count). The number of halogens is 1. The molecule has 2 aromatic rings. The molecule has 0 unspecified atom stereocenters. The van der Waals surface area contributed by atoms with Crippen LogP contribution in [0.4, 0.5) is 4.79 Å². The number of carbonyl (C=O) groups excluding carboxylic acids is 2. The Hall–Kier alpha value is -2.53. The van der Waals surface area contributed by atoms with E-state index in [4.69, 9.17) is 16.0 Å². The minimum Gasteiger partial charge on any atom is -0.457 e. The van der Waals surface area contributed by atoms with Crippen LogP contribution in [0.5, 0.6) is 0 Å². The van der Waals surface area contributed by atoms with Gasteiger partial charge in [-0.2, -0.15) is 0 Å². The summed E-state index contributed by atoms with van der Waals surface area (Å²) in [5.41, 5.74) is 0.911. The topological polar surface area (TPSA) is 71.3 Å². The molecule has 2 N–H and O–H groups in total. The van der Waals surface area contributed by atoms with E-state index in [1.165, 1.54) is 6.08 Å². The fourth-order valence-electron chi connectivity index (χ4n) is 1.86. The number of hydrogen-bond acceptors (Lipinski definition) is 3. The van der Waals surface area contributed by atoms with E-state index in [0.717, 1.165) is 5.56 Å². The number of furan rings is 1. The van der Waals surface area contributed by atoms with Gasteiger partial charge in [-0.05, 0) is 24.3 Å². The first-order valence-corrected chi connectivity index (χ1v) is 6.20. The number of nitrogens with one attached hydrogen (secondary N) is 2. The average molecular weight is 289 g/mol. The zero-order chi connectivity index (χ0) is 14.1. The van der Waals surface area contributed by atoms with Crippen molar-refractivity contribution in [3.8, 4) is 11.3 Å². The van der Waals surface area contributed by atoms with Crippen LogP contribution >= 0.6 is 11.6 Å². The third kappa shape index (κ3) is 2.31. The Labute approximate surface area is 119 Å². The summed E-state index contributed by atoms with van der Waals surface area (Å²) in [6.45, 7) is 0. The number of carbonyl (C=O) groups is 2. The largest absolute Gasteiger partial charge is 0.457 e. The highest BCUT2D eigenvalue weighted by Crippen LogP contribution is 2.29. The zero-order valence-corrected chi connectivity index (χ0v) is 10.9. The van der Waals surface area contributed by atoms with Crippen molar-refractivity contribution < 1.29 is 14.0 Å². The second kappa shape index (κ2) is 4.86. The van der Waals surface area contributed by atoms with Crippen LogP contribution in [0.2, 0.25) is 5.02 Å². The van der Waals surface area contributed by atoms with Crippen molar-refractivity contribution >= 4 is 29.6 Å². The van der Waals surface area contributed by atoms with Gasteiger partial charge >= 0.3 is 6.03 Å². The summed E-state index contributed by atoms with van der Waals surface area (Å²) in [7, 11) is 0. The van der Waals surface area contributed by atoms with E-state index in [-0.39, 0.29) is 5.70 Å². The maximum atomic E-state index is 11.4. The van der Waals surface area contributed by atoms with Crippen LogP contribution in [-0.4, -0.2) is 11.9 Å². The summed E-state index contributed by atoms with van der Waals surface area (Å²) in [5.74, 6) is 0.560. The minimum absolute atomic E-state index is 0.148. The van der Waals surface area contributed by atoms with Gasteiger partial charge in [0.1, 0.15) is 17.2 Å². The molecule has 0 spiro atoms. The molecule has 5 nitrogen and oxygen atoms in total. The van der Waals surface area contributed by atoms with Crippen molar-refractivity contribution in [3.63, 3.8) is 0 Å². The third-order valence-corrected chi connectivity index (χ3v) is 3.10. The molecule has 1 aliphatic rings. The Balaban J connectivity index is 1.92. The Morgan fingerprint density at radius 3 is 2.55 bits per heavy atom. The number of hydrogen-bond donors (Lipinski definition) is 2. The van der Waals surface area contributed by atoms with E-state index in [2.05, 4.69) is 10.6 Å². The lowest BCUT2D eigenvalue weighted by atomic mass is 10.2. The maximum absolute atomic E-state index is 11.4. The van der Waals surface area contributed by atoms with Gasteiger partial charge in [0.2, 0.25) is 0 Å². The summed E-state index contributed by atoms with van der Waals surface area (Å²) in [6, 6.07) is 10.2. The highest BCUT2D eigenvalue weighted by Gasteiger charge is 2.23. The lowest BCUT2D eigenvalue weighted by molar-refractivity contribution is -0.115. The summed E-state index contributed by atoms with van der Waals surface area (Å²) in [5, 5.41) is 5.08. The molecule has 0 saturated carbocycles. The highest BCUT2D eigenvalue weighted by molar-refractivity contribution is 6.33. The monoisotopic (exact) mass is 288 g/mol. The number of imide groups is 1. The number of amides is 3. The molecule has 1 aromatic carbocycles. The predicted molar refractivity (Wildman–Crippen MR) is 73.8 cm³/mol. The van der Waals surface area contributed by atoms with Crippen LogP contribution in [0.3, 0.4) is 0 Å². The fraction of sp³-hybridized carbons (Fsp3) is 0. The van der Waals surface area contributed by atoms with Gasteiger partial charge in [-0.25, -0.2) is 4.79 Å². The number of benzene rings is 1. The minimum atomic E-state index is -0.542. The number of rotatable bonds is 2. The normalized spacial score (nSPS) is 16.4. The molecule has 1 saturated heterocycles. The first kappa shape index (κ1) is 12.5. The van der Waals surface area contributed by atoms with Crippen LogP contribution in [0.15, 0.2) is 46.5 Å². The van der Waals surface area contributed by atoms with Gasteiger partial charge in [0.05, 0.1) is 5.02 Å². The van der Waals surface area contributed by atoms with Gasteiger partial charge < -0.3 is 9.73 Å². The summed E-state index contributed by atoms with van der Waals surface area (Å²) in [4.78, 5) is 22.4. The molecule has 2 heterocycles. The Kier molecular flexibility index (Phi) is 3.04. The molecule has 1 aromatic heterocycles. The van der Waals surface area contributed by atoms with Gasteiger partial charge in [-0.3, -0.25) is 10.1 Å². The maximum Gasteiger partial charge on any atom is 0.326 e. The van der Waals surface area contributed by atoms with E-state index in [1.54, 1.807) is 18.2 Å². The molecule has 0 radical (unpaired) electrons. The molecule has 3 amide bonds. The van der Waals surface area contributed by atoms with Crippen LogP contribution in [0.25, 0.3) is 17.4 Å². The molecule has 1 aliphatic heterocycles. The Morgan fingerprint density at radius 2 is 1.85 bits per heavy atom. The molecule has 1 fully saturated rings. The highest BCUT2D eigenvalue weighted by atomic mass is 35.5. The molecular formula is C14H9ClN2O3. The van der Waals surface area contributed by atoms with Crippen molar-refractivity contribution in [2.45, 2.75) is 0 Å². The van der Waals surface area contributed by atoms with Gasteiger partial charge in [0, 0.05) is 11.6 Å². The first-order chi connectivity index (χ1) is 9.63. The standard InChI is InChI=1S/C14H9ClN2O3/c15-10-4-2-1-3-9(10)12-6-5-8(20-12)7-11-13(18)17-14(19)16-11/h1-7H,(H2,16,17,18,19)/b11-7+. The van der Waals surface area contributed by atoms with Gasteiger partial charge in [0.25, 0.3) is 5.91 Å². The summed E-state index contributed by atoms with van der Waals surface area (Å²) >= 11 is 6.08. The van der Waals surface area contributed by atoms with E-state index in [1.807, 2.05) is 18.2 Å². The Morgan fingerprint density at radius 1 is 1.05 bits per heavy atom. The van der Waals surface area contributed by atoms with E-state index < -0.39 is 11.9 Å². The second-order valence-corrected chi connectivity index (χ2v) is 4.56. The molecular weight excluding hydrogens is 280 g/mol. The zero-order valence-electron chi connectivity index (χ0n) is 10.1. The fourth-order valence-corrected chi connectivity index (χ4v) is 2.09. The van der Waals surface area contributed by atoms with Gasteiger partial charge in [-0.15, -0.1) is 0 Å². The number of urea groups is 1. The molecule has 20 heavy (non-hydrogen) atoms. The van der Waals surface area contributed by atoms with Gasteiger partial charge in [0.15, 0.2) is 0 Å². The lowest BCUT2D eigenvalue weighted by Gasteiger charge is -1.99. The second-order valence-electron chi connectivity index (χ2n) is 4.15. The Bertz CT molecular complexity index is 734. The molecule has 100 valence electrons. The summed E-state index contributed by atoms with van der Waals surface area (Å²) < 4.78 is 5.60. The van der Waals surface area contributed by atoms with E-state index in [0.29, 0.717) is 16.5 Å². The molecule has 0 atom stereocenters. The van der Waals surface area contributed by atoms with E-state index in [9.17, 15) is 9.59 Å². The van der Waals surface area contributed by atoms with Crippen LogP contribution in [-0.2, 0) is 4.79 Å². The van der Waals surface area contributed by atoms with Crippen molar-refractivity contribution in [3.05, 3.63) is 52.9 Å². The van der Waals surface area contributed by atoms with Crippen LogP contribution in [0, 0.1) is 0 Å². The van der Waals surface area contributed by atoms with Gasteiger partial charge in [-0.1, -0.05) is 23.7 Å².